The van der Waals surface area contributed by atoms with Crippen molar-refractivity contribution < 1.29 is 24.2 Å². The van der Waals surface area contributed by atoms with Crippen molar-refractivity contribution in [3.05, 3.63) is 24.3 Å². The van der Waals surface area contributed by atoms with Gasteiger partial charge in [0.15, 0.2) is 0 Å². The van der Waals surface area contributed by atoms with Gasteiger partial charge in [0.1, 0.15) is 12.7 Å². The maximum absolute atomic E-state index is 11.1. The fraction of sp³-hybridized carbons (Fsp3) is 0.455. The van der Waals surface area contributed by atoms with Crippen molar-refractivity contribution in [2.75, 3.05) is 13.2 Å². The minimum Gasteiger partial charge on any atom is -0.481 e. The predicted octanol–water partition coefficient (Wildman–Crippen LogP) is 1.15. The first-order chi connectivity index (χ1) is 7.47. The Morgan fingerprint density at radius 2 is 2.06 bits per heavy atom. The minimum atomic E-state index is -0.833. The molecule has 1 aliphatic rings. The van der Waals surface area contributed by atoms with Crippen LogP contribution in [0.5, 0.6) is 0 Å². The van der Waals surface area contributed by atoms with E-state index >= 15 is 0 Å². The third-order valence-electron chi connectivity index (χ3n) is 1.49. The second-order valence-electron chi connectivity index (χ2n) is 3.16. The Labute approximate surface area is 94.4 Å². The Morgan fingerprint density at radius 3 is 2.44 bits per heavy atom. The molecule has 0 aliphatic carbocycles. The van der Waals surface area contributed by atoms with Crippen molar-refractivity contribution in [2.45, 2.75) is 20.0 Å². The van der Waals surface area contributed by atoms with Gasteiger partial charge in [0.25, 0.3) is 5.97 Å². The Morgan fingerprint density at radius 1 is 1.56 bits per heavy atom. The number of allylic oxidation sites excluding steroid dienone is 2. The number of carboxylic acid groups (broad SMARTS) is 1. The van der Waals surface area contributed by atoms with Gasteiger partial charge in [-0.05, 0) is 6.92 Å². The predicted molar refractivity (Wildman–Crippen MR) is 58.0 cm³/mol. The molecule has 0 spiro atoms. The summed E-state index contributed by atoms with van der Waals surface area (Å²) >= 11 is 0. The average Bonchev–Trinajstić information content (AvgIpc) is 2.97. The molecule has 5 nitrogen and oxygen atoms in total. The molecule has 0 amide bonds. The van der Waals surface area contributed by atoms with E-state index in [0.717, 1.165) is 6.92 Å². The normalized spacial score (nSPS) is 17.9. The van der Waals surface area contributed by atoms with Gasteiger partial charge in [0.2, 0.25) is 0 Å². The zero-order valence-electron chi connectivity index (χ0n) is 9.43. The van der Waals surface area contributed by atoms with Crippen LogP contribution in [0.3, 0.4) is 0 Å². The first-order valence-electron chi connectivity index (χ1n) is 4.75. The first kappa shape index (κ1) is 14.4. The van der Waals surface area contributed by atoms with E-state index < -0.39 is 5.97 Å². The quantitative estimate of drug-likeness (QED) is 0.338. The monoisotopic (exact) mass is 228 g/mol. The number of ether oxygens (including phenoxy) is 2. The van der Waals surface area contributed by atoms with Gasteiger partial charge in [0.05, 0.1) is 6.61 Å². The Balaban J connectivity index is 0.000000487. The molecule has 0 bridgehead atoms. The maximum atomic E-state index is 11.1. The number of carboxylic acids is 1. The highest BCUT2D eigenvalue weighted by Crippen LogP contribution is 2.09. The number of hydrogen-bond donors (Lipinski definition) is 1. The van der Waals surface area contributed by atoms with Crippen LogP contribution < -0.4 is 0 Å². The number of hydrogen-bond acceptors (Lipinski definition) is 4. The standard InChI is InChI=1S/C9H12O3.C2H4O2/c1-3-4-7(2)9(10)12-6-8-5-11-8;1-2(3)4/h3-4,8H,1,5-6H2,2H3;1H3,(H,3,4). The number of carbonyl (C=O) groups is 2. The van der Waals surface area contributed by atoms with E-state index in [-0.39, 0.29) is 12.1 Å². The molecule has 1 aliphatic heterocycles. The SMILES string of the molecule is C=CC=C(C)C(=O)OCC1CO1.CC(=O)O. The van der Waals surface area contributed by atoms with Crippen LogP contribution in [0.2, 0.25) is 0 Å². The molecule has 1 saturated heterocycles. The summed E-state index contributed by atoms with van der Waals surface area (Å²) < 4.78 is 9.78. The molecule has 0 saturated carbocycles. The van der Waals surface area contributed by atoms with Gasteiger partial charge in [-0.3, -0.25) is 4.79 Å². The molecular weight excluding hydrogens is 212 g/mol. The summed E-state index contributed by atoms with van der Waals surface area (Å²) in [6.07, 6.45) is 3.31. The summed E-state index contributed by atoms with van der Waals surface area (Å²) in [5, 5.41) is 7.42. The Kier molecular flexibility index (Phi) is 6.87. The molecule has 90 valence electrons. The number of epoxide rings is 1. The lowest BCUT2D eigenvalue weighted by Gasteiger charge is -2.00. The molecule has 0 aromatic carbocycles. The molecule has 1 heterocycles. The summed E-state index contributed by atoms with van der Waals surface area (Å²) in [6.45, 7) is 7.33. The van der Waals surface area contributed by atoms with Crippen molar-refractivity contribution in [2.24, 2.45) is 0 Å². The van der Waals surface area contributed by atoms with E-state index in [0.29, 0.717) is 18.8 Å². The van der Waals surface area contributed by atoms with Gasteiger partial charge in [-0.25, -0.2) is 4.79 Å². The van der Waals surface area contributed by atoms with Crippen molar-refractivity contribution >= 4 is 11.9 Å². The maximum Gasteiger partial charge on any atom is 0.333 e. The van der Waals surface area contributed by atoms with E-state index in [1.165, 1.54) is 0 Å². The third kappa shape index (κ3) is 8.96. The molecule has 1 rings (SSSR count). The zero-order chi connectivity index (χ0) is 12.6. The molecule has 1 N–H and O–H groups in total. The summed E-state index contributed by atoms with van der Waals surface area (Å²) in [4.78, 5) is 20.1. The van der Waals surface area contributed by atoms with Gasteiger partial charge in [-0.1, -0.05) is 18.7 Å². The first-order valence-corrected chi connectivity index (χ1v) is 4.75. The highest BCUT2D eigenvalue weighted by molar-refractivity contribution is 5.88. The van der Waals surface area contributed by atoms with Gasteiger partial charge >= 0.3 is 5.97 Å². The van der Waals surface area contributed by atoms with Crippen LogP contribution in [0, 0.1) is 0 Å². The number of esters is 1. The van der Waals surface area contributed by atoms with Crippen LogP contribution >= 0.6 is 0 Å². The molecule has 0 aromatic rings. The van der Waals surface area contributed by atoms with Crippen LogP contribution in [0.15, 0.2) is 24.3 Å². The number of aliphatic carboxylic acids is 1. The zero-order valence-corrected chi connectivity index (χ0v) is 9.43. The van der Waals surface area contributed by atoms with Crippen LogP contribution in [-0.2, 0) is 19.1 Å². The minimum absolute atomic E-state index is 0.130. The topological polar surface area (TPSA) is 76.1 Å². The second kappa shape index (κ2) is 7.64. The van der Waals surface area contributed by atoms with Gasteiger partial charge < -0.3 is 14.6 Å². The lowest BCUT2D eigenvalue weighted by atomic mass is 10.3. The van der Waals surface area contributed by atoms with Crippen LogP contribution in [0.25, 0.3) is 0 Å². The molecule has 5 heteroatoms. The second-order valence-corrected chi connectivity index (χ2v) is 3.16. The Bertz CT molecular complexity index is 285. The van der Waals surface area contributed by atoms with E-state index in [9.17, 15) is 4.79 Å². The van der Waals surface area contributed by atoms with Crippen molar-refractivity contribution in [1.82, 2.24) is 0 Å². The molecule has 16 heavy (non-hydrogen) atoms. The smallest absolute Gasteiger partial charge is 0.333 e. The van der Waals surface area contributed by atoms with Gasteiger partial charge in [0, 0.05) is 12.5 Å². The van der Waals surface area contributed by atoms with E-state index in [1.54, 1.807) is 19.1 Å². The summed E-state index contributed by atoms with van der Waals surface area (Å²) in [5.74, 6) is -1.13. The van der Waals surface area contributed by atoms with Crippen molar-refractivity contribution in [1.29, 1.82) is 0 Å². The molecule has 1 fully saturated rings. The molecule has 1 atom stereocenters. The lowest BCUT2D eigenvalue weighted by molar-refractivity contribution is -0.139. The Hall–Kier alpha value is -1.62. The van der Waals surface area contributed by atoms with Crippen molar-refractivity contribution in [3.63, 3.8) is 0 Å². The van der Waals surface area contributed by atoms with Crippen LogP contribution in [0.4, 0.5) is 0 Å². The molecule has 0 radical (unpaired) electrons. The third-order valence-corrected chi connectivity index (χ3v) is 1.49. The largest absolute Gasteiger partial charge is 0.481 e. The average molecular weight is 228 g/mol. The summed E-state index contributed by atoms with van der Waals surface area (Å²) in [7, 11) is 0. The van der Waals surface area contributed by atoms with E-state index in [1.807, 2.05) is 0 Å². The highest BCUT2D eigenvalue weighted by Gasteiger charge is 2.24. The summed E-state index contributed by atoms with van der Waals surface area (Å²) in [5.41, 5.74) is 0.561. The van der Waals surface area contributed by atoms with E-state index in [4.69, 9.17) is 19.4 Å². The summed E-state index contributed by atoms with van der Waals surface area (Å²) in [6, 6.07) is 0. The van der Waals surface area contributed by atoms with Crippen molar-refractivity contribution in [3.8, 4) is 0 Å². The molecular formula is C11H16O5. The van der Waals surface area contributed by atoms with Crippen LogP contribution in [-0.4, -0.2) is 36.4 Å². The van der Waals surface area contributed by atoms with Gasteiger partial charge in [-0.15, -0.1) is 0 Å². The van der Waals surface area contributed by atoms with Gasteiger partial charge in [-0.2, -0.15) is 0 Å². The van der Waals surface area contributed by atoms with Crippen LogP contribution in [0.1, 0.15) is 13.8 Å². The molecule has 1 unspecified atom stereocenters. The highest BCUT2D eigenvalue weighted by atomic mass is 16.6. The fourth-order valence-electron chi connectivity index (χ4n) is 0.692. The number of carbonyl (C=O) groups excluding carboxylic acids is 1. The lowest BCUT2D eigenvalue weighted by Crippen LogP contribution is -2.10. The molecule has 0 aromatic heterocycles. The number of rotatable bonds is 4. The fourth-order valence-corrected chi connectivity index (χ4v) is 0.692. The van der Waals surface area contributed by atoms with E-state index in [2.05, 4.69) is 6.58 Å².